The molecule has 1 amide bonds. The summed E-state index contributed by atoms with van der Waals surface area (Å²) < 4.78 is 0. The van der Waals surface area contributed by atoms with Crippen molar-refractivity contribution < 1.29 is 4.79 Å². The smallest absolute Gasteiger partial charge is 0.223 e. The second kappa shape index (κ2) is 6.27. The number of likely N-dealkylation sites (N-methyl/N-ethyl adjacent to an activating group) is 1. The summed E-state index contributed by atoms with van der Waals surface area (Å²) in [7, 11) is 2.21. The number of carbonyl (C=O) groups is 1. The van der Waals surface area contributed by atoms with Gasteiger partial charge in [0.2, 0.25) is 5.91 Å². The summed E-state index contributed by atoms with van der Waals surface area (Å²) >= 11 is 1.71. The van der Waals surface area contributed by atoms with Crippen LogP contribution in [0.4, 0.5) is 0 Å². The van der Waals surface area contributed by atoms with Gasteiger partial charge in [-0.3, -0.25) is 4.79 Å². The normalized spacial score (nSPS) is 27.4. The van der Waals surface area contributed by atoms with Gasteiger partial charge in [-0.05, 0) is 68.1 Å². The van der Waals surface area contributed by atoms with Gasteiger partial charge in [-0.15, -0.1) is 0 Å². The molecule has 2 saturated heterocycles. The molecule has 4 heteroatoms. The number of hydrogen-bond acceptors (Lipinski definition) is 3. The number of likely N-dealkylation sites (tertiary alicyclic amines) is 2. The van der Waals surface area contributed by atoms with Gasteiger partial charge in [-0.2, -0.15) is 11.3 Å². The lowest BCUT2D eigenvalue weighted by molar-refractivity contribution is -0.132. The number of thiophene rings is 1. The van der Waals surface area contributed by atoms with Gasteiger partial charge >= 0.3 is 0 Å². The predicted molar refractivity (Wildman–Crippen MR) is 83.0 cm³/mol. The standard InChI is InChI=1S/C16H24N2OS/c1-17-9-2-4-14(17)15-5-3-10-18(15)16(19)7-6-13-8-11-20-12-13/h8,11-12,14-15H,2-7,9-10H2,1H3/t14-,15-/m1/s1. The van der Waals surface area contributed by atoms with Crippen LogP contribution in [0, 0.1) is 0 Å². The molecule has 3 rings (SSSR count). The maximum absolute atomic E-state index is 12.5. The van der Waals surface area contributed by atoms with E-state index in [9.17, 15) is 4.79 Å². The molecule has 20 heavy (non-hydrogen) atoms. The molecule has 2 aliphatic rings. The first-order chi connectivity index (χ1) is 9.75. The molecule has 0 N–H and O–H groups in total. The first-order valence-electron chi connectivity index (χ1n) is 7.76. The van der Waals surface area contributed by atoms with Crippen LogP contribution in [0.3, 0.4) is 0 Å². The summed E-state index contributed by atoms with van der Waals surface area (Å²) in [5.41, 5.74) is 1.30. The summed E-state index contributed by atoms with van der Waals surface area (Å²) in [5, 5.41) is 4.24. The fourth-order valence-electron chi connectivity index (χ4n) is 3.75. The lowest BCUT2D eigenvalue weighted by atomic mass is 10.0. The zero-order valence-electron chi connectivity index (χ0n) is 12.3. The average Bonchev–Trinajstić information content (AvgIpc) is 3.16. The van der Waals surface area contributed by atoms with Crippen LogP contribution in [0.5, 0.6) is 0 Å². The number of amides is 1. The Morgan fingerprint density at radius 2 is 2.10 bits per heavy atom. The van der Waals surface area contributed by atoms with E-state index in [4.69, 9.17) is 0 Å². The van der Waals surface area contributed by atoms with Crippen molar-refractivity contribution in [1.29, 1.82) is 0 Å². The highest BCUT2D eigenvalue weighted by atomic mass is 32.1. The SMILES string of the molecule is CN1CCC[C@@H]1[C@H]1CCCN1C(=O)CCc1ccsc1. The van der Waals surface area contributed by atoms with Gasteiger partial charge in [0.05, 0.1) is 0 Å². The van der Waals surface area contributed by atoms with Crippen LogP contribution in [0.25, 0.3) is 0 Å². The van der Waals surface area contributed by atoms with Gasteiger partial charge in [0.25, 0.3) is 0 Å². The summed E-state index contributed by atoms with van der Waals surface area (Å²) in [6, 6.07) is 3.20. The third-order valence-corrected chi connectivity index (χ3v) is 5.58. The molecule has 0 radical (unpaired) electrons. The molecule has 2 fully saturated rings. The molecule has 0 spiro atoms. The highest BCUT2D eigenvalue weighted by molar-refractivity contribution is 7.07. The Morgan fingerprint density at radius 1 is 1.30 bits per heavy atom. The Kier molecular flexibility index (Phi) is 4.41. The van der Waals surface area contributed by atoms with Crippen molar-refractivity contribution in [2.24, 2.45) is 0 Å². The van der Waals surface area contributed by atoms with Gasteiger partial charge in [-0.25, -0.2) is 0 Å². The van der Waals surface area contributed by atoms with E-state index in [1.165, 1.54) is 37.8 Å². The molecule has 0 unspecified atom stereocenters. The van der Waals surface area contributed by atoms with Gasteiger partial charge in [0.1, 0.15) is 0 Å². The van der Waals surface area contributed by atoms with Crippen molar-refractivity contribution >= 4 is 17.2 Å². The van der Waals surface area contributed by atoms with Gasteiger partial charge in [-0.1, -0.05) is 0 Å². The Bertz CT molecular complexity index is 445. The molecule has 2 aliphatic heterocycles. The number of nitrogens with zero attached hydrogens (tertiary/aromatic N) is 2. The second-order valence-electron chi connectivity index (χ2n) is 6.12. The number of aryl methyl sites for hydroxylation is 1. The molecule has 1 aromatic heterocycles. The fraction of sp³-hybridized carbons (Fsp3) is 0.688. The van der Waals surface area contributed by atoms with E-state index in [1.54, 1.807) is 11.3 Å². The minimum Gasteiger partial charge on any atom is -0.338 e. The first kappa shape index (κ1) is 14.1. The van der Waals surface area contributed by atoms with Gasteiger partial charge in [0.15, 0.2) is 0 Å². The molecule has 0 aliphatic carbocycles. The van der Waals surface area contributed by atoms with Crippen molar-refractivity contribution in [2.75, 3.05) is 20.1 Å². The molecule has 0 bridgehead atoms. The number of hydrogen-bond donors (Lipinski definition) is 0. The van der Waals surface area contributed by atoms with Crippen LogP contribution >= 0.6 is 11.3 Å². The average molecular weight is 292 g/mol. The summed E-state index contributed by atoms with van der Waals surface area (Å²) in [5.74, 6) is 0.360. The van der Waals surface area contributed by atoms with E-state index in [1.807, 2.05) is 0 Å². The minimum absolute atomic E-state index is 0.360. The summed E-state index contributed by atoms with van der Waals surface area (Å²) in [6.07, 6.45) is 6.48. The lowest BCUT2D eigenvalue weighted by Crippen LogP contribution is -2.47. The van der Waals surface area contributed by atoms with E-state index in [-0.39, 0.29) is 0 Å². The highest BCUT2D eigenvalue weighted by Gasteiger charge is 2.37. The van der Waals surface area contributed by atoms with E-state index in [0.717, 1.165) is 13.0 Å². The van der Waals surface area contributed by atoms with E-state index < -0.39 is 0 Å². The van der Waals surface area contributed by atoms with E-state index in [0.29, 0.717) is 24.4 Å². The van der Waals surface area contributed by atoms with E-state index >= 15 is 0 Å². The number of carbonyl (C=O) groups excluding carboxylic acids is 1. The Hall–Kier alpha value is -0.870. The molecule has 3 nitrogen and oxygen atoms in total. The van der Waals surface area contributed by atoms with Crippen LogP contribution in [0.2, 0.25) is 0 Å². The van der Waals surface area contributed by atoms with E-state index in [2.05, 4.69) is 33.7 Å². The van der Waals surface area contributed by atoms with Crippen LogP contribution in [0.15, 0.2) is 16.8 Å². The van der Waals surface area contributed by atoms with Crippen molar-refractivity contribution in [2.45, 2.75) is 50.6 Å². The minimum atomic E-state index is 0.360. The van der Waals surface area contributed by atoms with Crippen LogP contribution < -0.4 is 0 Å². The molecular formula is C16H24N2OS. The molecule has 110 valence electrons. The molecular weight excluding hydrogens is 268 g/mol. The van der Waals surface area contributed by atoms with Crippen molar-refractivity contribution in [3.8, 4) is 0 Å². The monoisotopic (exact) mass is 292 g/mol. The molecule has 3 heterocycles. The zero-order valence-corrected chi connectivity index (χ0v) is 13.1. The van der Waals surface area contributed by atoms with Crippen molar-refractivity contribution in [3.05, 3.63) is 22.4 Å². The zero-order chi connectivity index (χ0) is 13.9. The third kappa shape index (κ3) is 2.91. The molecule has 0 saturated carbocycles. The van der Waals surface area contributed by atoms with Gasteiger partial charge in [0, 0.05) is 25.0 Å². The quantitative estimate of drug-likeness (QED) is 0.852. The summed E-state index contributed by atoms with van der Waals surface area (Å²) in [6.45, 7) is 2.16. The molecule has 0 aromatic carbocycles. The second-order valence-corrected chi connectivity index (χ2v) is 6.90. The van der Waals surface area contributed by atoms with Crippen molar-refractivity contribution in [1.82, 2.24) is 9.80 Å². The number of rotatable bonds is 4. The fourth-order valence-corrected chi connectivity index (χ4v) is 4.46. The highest BCUT2D eigenvalue weighted by Crippen LogP contribution is 2.29. The van der Waals surface area contributed by atoms with Crippen LogP contribution in [0.1, 0.15) is 37.7 Å². The first-order valence-corrected chi connectivity index (χ1v) is 8.71. The largest absolute Gasteiger partial charge is 0.338 e. The predicted octanol–water partition coefficient (Wildman–Crippen LogP) is 2.77. The van der Waals surface area contributed by atoms with Crippen molar-refractivity contribution in [3.63, 3.8) is 0 Å². The lowest BCUT2D eigenvalue weighted by Gasteiger charge is -2.33. The molecule has 1 aromatic rings. The third-order valence-electron chi connectivity index (χ3n) is 4.85. The van der Waals surface area contributed by atoms with Crippen LogP contribution in [-0.4, -0.2) is 47.9 Å². The Balaban J connectivity index is 1.58. The Labute approximate surface area is 125 Å². The van der Waals surface area contributed by atoms with Crippen LogP contribution in [-0.2, 0) is 11.2 Å². The maximum atomic E-state index is 12.5. The summed E-state index contributed by atoms with van der Waals surface area (Å²) in [4.78, 5) is 17.2. The maximum Gasteiger partial charge on any atom is 0.223 e. The van der Waals surface area contributed by atoms with Gasteiger partial charge < -0.3 is 9.80 Å². The molecule has 2 atom stereocenters. The topological polar surface area (TPSA) is 23.6 Å². The Morgan fingerprint density at radius 3 is 2.80 bits per heavy atom.